The average molecular weight is 528 g/mol. The van der Waals surface area contributed by atoms with Crippen molar-refractivity contribution in [2.24, 2.45) is 5.10 Å². The molecule has 0 atom stereocenters. The Morgan fingerprint density at radius 3 is 2.57 bits per heavy atom. The van der Waals surface area contributed by atoms with Gasteiger partial charge >= 0.3 is 0 Å². The van der Waals surface area contributed by atoms with E-state index >= 15 is 0 Å². The quantitative estimate of drug-likeness (QED) is 0.154. The summed E-state index contributed by atoms with van der Waals surface area (Å²) in [4.78, 5) is 12.6. The van der Waals surface area contributed by atoms with Crippen LogP contribution in [0, 0.1) is 6.92 Å². The summed E-state index contributed by atoms with van der Waals surface area (Å²) in [5.41, 5.74) is 5.94. The lowest BCUT2D eigenvalue weighted by molar-refractivity contribution is -0.118. The van der Waals surface area contributed by atoms with Crippen molar-refractivity contribution >= 4 is 46.3 Å². The van der Waals surface area contributed by atoms with E-state index in [-0.39, 0.29) is 17.4 Å². The van der Waals surface area contributed by atoms with Crippen molar-refractivity contribution in [1.29, 1.82) is 0 Å². The fraction of sp³-hybridized carbons (Fsp3) is 0.0714. The van der Waals surface area contributed by atoms with Crippen molar-refractivity contribution in [2.75, 3.05) is 5.75 Å². The molecule has 0 radical (unpaired) electrons. The van der Waals surface area contributed by atoms with E-state index in [0.717, 1.165) is 27.6 Å². The molecular weight excluding hydrogens is 506 g/mol. The first-order valence-electron chi connectivity index (χ1n) is 11.4. The van der Waals surface area contributed by atoms with Crippen LogP contribution in [0.3, 0.4) is 0 Å². The van der Waals surface area contributed by atoms with Crippen LogP contribution >= 0.6 is 23.4 Å². The fourth-order valence-electron chi connectivity index (χ4n) is 3.83. The maximum absolute atomic E-state index is 12.6. The molecule has 184 valence electrons. The molecular formula is C28H22ClN5O2S. The number of hydrogen-bond donors (Lipinski definition) is 2. The Balaban J connectivity index is 1.34. The highest BCUT2D eigenvalue weighted by molar-refractivity contribution is 7.99. The molecule has 0 saturated heterocycles. The van der Waals surface area contributed by atoms with Crippen molar-refractivity contribution in [1.82, 2.24) is 20.2 Å². The Morgan fingerprint density at radius 1 is 1.03 bits per heavy atom. The van der Waals surface area contributed by atoms with E-state index in [9.17, 15) is 9.90 Å². The molecule has 0 saturated carbocycles. The first-order valence-corrected chi connectivity index (χ1v) is 12.8. The topological polar surface area (TPSA) is 92.4 Å². The minimum absolute atomic E-state index is 0.0729. The second kappa shape index (κ2) is 10.9. The lowest BCUT2D eigenvalue weighted by Crippen LogP contribution is -2.20. The number of aromatic nitrogens is 3. The zero-order valence-electron chi connectivity index (χ0n) is 19.8. The lowest BCUT2D eigenvalue weighted by atomic mass is 10.0. The molecule has 1 amide bonds. The summed E-state index contributed by atoms with van der Waals surface area (Å²) in [7, 11) is 0. The normalized spacial score (nSPS) is 11.3. The number of thioether (sulfide) groups is 1. The molecule has 2 N–H and O–H groups in total. The number of rotatable bonds is 7. The van der Waals surface area contributed by atoms with Gasteiger partial charge in [0.25, 0.3) is 5.91 Å². The largest absolute Gasteiger partial charge is 0.507 e. The van der Waals surface area contributed by atoms with Gasteiger partial charge in [0.15, 0.2) is 11.0 Å². The molecule has 4 aromatic carbocycles. The third kappa shape index (κ3) is 5.50. The van der Waals surface area contributed by atoms with E-state index in [0.29, 0.717) is 21.6 Å². The predicted molar refractivity (Wildman–Crippen MR) is 149 cm³/mol. The van der Waals surface area contributed by atoms with Crippen LogP contribution < -0.4 is 5.43 Å². The van der Waals surface area contributed by atoms with Gasteiger partial charge in [0.05, 0.1) is 12.0 Å². The molecule has 1 heterocycles. The molecule has 0 fully saturated rings. The summed E-state index contributed by atoms with van der Waals surface area (Å²) >= 11 is 7.32. The number of hydrazone groups is 1. The zero-order valence-corrected chi connectivity index (χ0v) is 21.4. The van der Waals surface area contributed by atoms with Crippen LogP contribution in [0.5, 0.6) is 5.75 Å². The Morgan fingerprint density at radius 2 is 1.78 bits per heavy atom. The summed E-state index contributed by atoms with van der Waals surface area (Å²) in [6.07, 6.45) is 1.45. The number of aryl methyl sites for hydroxylation is 1. The van der Waals surface area contributed by atoms with Gasteiger partial charge < -0.3 is 5.11 Å². The molecule has 7 nitrogen and oxygen atoms in total. The molecule has 0 aliphatic heterocycles. The molecule has 0 bridgehead atoms. The van der Waals surface area contributed by atoms with E-state index in [1.54, 1.807) is 18.2 Å². The summed E-state index contributed by atoms with van der Waals surface area (Å²) in [5.74, 6) is 0.496. The number of nitrogens with zero attached hydrogens (tertiary/aromatic N) is 4. The fourth-order valence-corrected chi connectivity index (χ4v) is 4.70. The SMILES string of the molecule is Cc1ccc(-n2c(SCC(=O)NN=Cc3c(O)ccc4ccccc34)nnc2-c2ccc(Cl)cc2)cc1. The smallest absolute Gasteiger partial charge is 0.250 e. The minimum Gasteiger partial charge on any atom is -0.507 e. The number of fused-ring (bicyclic) bond motifs is 1. The van der Waals surface area contributed by atoms with E-state index in [1.165, 1.54) is 18.0 Å². The second-order valence-electron chi connectivity index (χ2n) is 8.29. The number of nitrogens with one attached hydrogen (secondary N) is 1. The summed E-state index contributed by atoms with van der Waals surface area (Å²) < 4.78 is 1.91. The number of hydrogen-bond acceptors (Lipinski definition) is 6. The number of amides is 1. The van der Waals surface area contributed by atoms with Gasteiger partial charge in [-0.25, -0.2) is 5.43 Å². The van der Waals surface area contributed by atoms with E-state index in [1.807, 2.05) is 78.2 Å². The van der Waals surface area contributed by atoms with Crippen LogP contribution in [0.25, 0.3) is 27.8 Å². The van der Waals surface area contributed by atoms with E-state index < -0.39 is 0 Å². The van der Waals surface area contributed by atoms with E-state index in [4.69, 9.17) is 11.6 Å². The van der Waals surface area contributed by atoms with Gasteiger partial charge in [-0.1, -0.05) is 71.4 Å². The van der Waals surface area contributed by atoms with Gasteiger partial charge in [-0.15, -0.1) is 10.2 Å². The molecule has 1 aromatic heterocycles. The van der Waals surface area contributed by atoms with Crippen LogP contribution in [0.2, 0.25) is 5.02 Å². The number of halogens is 1. The summed E-state index contributed by atoms with van der Waals surface area (Å²) in [5, 5.41) is 26.1. The number of carbonyl (C=O) groups excluding carboxylic acids is 1. The van der Waals surface area contributed by atoms with Gasteiger partial charge in [0.1, 0.15) is 5.75 Å². The molecule has 5 rings (SSSR count). The van der Waals surface area contributed by atoms with Crippen molar-refractivity contribution in [3.05, 3.63) is 101 Å². The summed E-state index contributed by atoms with van der Waals surface area (Å²) in [6.45, 7) is 2.02. The van der Waals surface area contributed by atoms with Gasteiger partial charge in [-0.2, -0.15) is 5.10 Å². The lowest BCUT2D eigenvalue weighted by Gasteiger charge is -2.11. The van der Waals surface area contributed by atoms with Gasteiger partial charge in [-0.05, 0) is 60.2 Å². The molecule has 0 aliphatic rings. The Labute approximate surface area is 222 Å². The van der Waals surface area contributed by atoms with Gasteiger partial charge in [-0.3, -0.25) is 9.36 Å². The number of aromatic hydroxyl groups is 1. The molecule has 5 aromatic rings. The average Bonchev–Trinajstić information content (AvgIpc) is 3.33. The van der Waals surface area contributed by atoms with Crippen LogP contribution in [0.4, 0.5) is 0 Å². The van der Waals surface area contributed by atoms with Crippen LogP contribution in [-0.4, -0.2) is 37.7 Å². The van der Waals surface area contributed by atoms with Gasteiger partial charge in [0.2, 0.25) is 0 Å². The molecule has 0 aliphatic carbocycles. The highest BCUT2D eigenvalue weighted by Crippen LogP contribution is 2.29. The molecule has 37 heavy (non-hydrogen) atoms. The number of phenols is 1. The van der Waals surface area contributed by atoms with Crippen molar-refractivity contribution in [3.63, 3.8) is 0 Å². The summed E-state index contributed by atoms with van der Waals surface area (Å²) in [6, 6.07) is 26.5. The third-order valence-electron chi connectivity index (χ3n) is 5.69. The molecule has 0 unspecified atom stereocenters. The van der Waals surface area contributed by atoms with Crippen molar-refractivity contribution in [3.8, 4) is 22.8 Å². The maximum atomic E-state index is 12.6. The standard InChI is InChI=1S/C28H22ClN5O2S/c1-18-6-13-22(14-7-18)34-27(20-8-11-21(29)12-9-20)32-33-28(34)37-17-26(36)31-30-16-24-23-5-3-2-4-19(23)10-15-25(24)35/h2-16,35H,17H2,1H3,(H,31,36). The number of phenolic OH excluding ortho intramolecular Hbond substituents is 1. The minimum atomic E-state index is -0.313. The third-order valence-corrected chi connectivity index (χ3v) is 6.87. The van der Waals surface area contributed by atoms with Crippen LogP contribution in [0.1, 0.15) is 11.1 Å². The maximum Gasteiger partial charge on any atom is 0.250 e. The Bertz CT molecular complexity index is 1600. The van der Waals surface area contributed by atoms with Crippen molar-refractivity contribution in [2.45, 2.75) is 12.1 Å². The van der Waals surface area contributed by atoms with Crippen LogP contribution in [-0.2, 0) is 4.79 Å². The highest BCUT2D eigenvalue weighted by atomic mass is 35.5. The van der Waals surface area contributed by atoms with Gasteiger partial charge in [0, 0.05) is 21.8 Å². The Kier molecular flexibility index (Phi) is 7.20. The Hall–Kier alpha value is -4.14. The first-order chi connectivity index (χ1) is 18.0. The van der Waals surface area contributed by atoms with E-state index in [2.05, 4.69) is 20.7 Å². The molecule has 0 spiro atoms. The molecule has 9 heteroatoms. The second-order valence-corrected chi connectivity index (χ2v) is 9.66. The number of benzene rings is 4. The predicted octanol–water partition coefficient (Wildman–Crippen LogP) is 6.00. The number of carbonyl (C=O) groups is 1. The van der Waals surface area contributed by atoms with Crippen molar-refractivity contribution < 1.29 is 9.90 Å². The monoisotopic (exact) mass is 527 g/mol. The highest BCUT2D eigenvalue weighted by Gasteiger charge is 2.17. The first kappa shape index (κ1) is 24.5. The zero-order chi connectivity index (χ0) is 25.8. The van der Waals surface area contributed by atoms with Crippen LogP contribution in [0.15, 0.2) is 95.2 Å².